The molecule has 0 bridgehead atoms. The van der Waals surface area contributed by atoms with Crippen molar-refractivity contribution in [3.05, 3.63) is 51.7 Å². The molecule has 0 unspecified atom stereocenters. The predicted molar refractivity (Wildman–Crippen MR) is 75.8 cm³/mol. The number of benzene rings is 1. The third-order valence-corrected chi connectivity index (χ3v) is 3.67. The van der Waals surface area contributed by atoms with Crippen LogP contribution in [0.15, 0.2) is 35.7 Å². The smallest absolute Gasteiger partial charge is 0.346 e. The molecule has 0 aliphatic carbocycles. The maximum atomic E-state index is 11.0. The first-order valence-electron chi connectivity index (χ1n) is 5.82. The van der Waals surface area contributed by atoms with E-state index in [0.717, 1.165) is 16.8 Å². The first kappa shape index (κ1) is 13.6. The highest BCUT2D eigenvalue weighted by molar-refractivity contribution is 7.12. The summed E-state index contributed by atoms with van der Waals surface area (Å²) in [6.07, 6.45) is 0. The Morgan fingerprint density at radius 3 is 2.84 bits per heavy atom. The lowest BCUT2D eigenvalue weighted by atomic mass is 10.1. The summed E-state index contributed by atoms with van der Waals surface area (Å²) in [5.74, 6) is -0.878. The molecular weight excluding hydrogens is 262 g/mol. The van der Waals surface area contributed by atoms with Gasteiger partial charge in [-0.3, -0.25) is 0 Å². The Balaban J connectivity index is 2.10. The van der Waals surface area contributed by atoms with E-state index in [4.69, 9.17) is 9.84 Å². The number of thiophene rings is 1. The van der Waals surface area contributed by atoms with E-state index in [0.29, 0.717) is 18.0 Å². The van der Waals surface area contributed by atoms with E-state index in [9.17, 15) is 4.79 Å². The molecule has 0 amide bonds. The summed E-state index contributed by atoms with van der Waals surface area (Å²) in [7, 11) is 1.65. The van der Waals surface area contributed by atoms with Crippen molar-refractivity contribution in [3.8, 4) is 0 Å². The van der Waals surface area contributed by atoms with Crippen LogP contribution < -0.4 is 5.32 Å². The maximum Gasteiger partial charge on any atom is 0.346 e. The van der Waals surface area contributed by atoms with Crippen LogP contribution in [0.4, 0.5) is 5.69 Å². The zero-order valence-electron chi connectivity index (χ0n) is 10.6. The number of carboxylic acids is 1. The number of carbonyl (C=O) groups is 1. The first-order chi connectivity index (χ1) is 9.22. The standard InChI is InChI=1S/C14H15NO3S/c1-18-9-11-4-2-3-5-12(11)15-8-10-6-7-19-13(10)14(16)17/h2-7,15H,8-9H2,1H3,(H,16,17). The van der Waals surface area contributed by atoms with Crippen LogP contribution in [-0.2, 0) is 17.9 Å². The van der Waals surface area contributed by atoms with E-state index in [1.165, 1.54) is 11.3 Å². The molecule has 0 saturated carbocycles. The van der Waals surface area contributed by atoms with Gasteiger partial charge in [0, 0.05) is 24.9 Å². The second-order valence-electron chi connectivity index (χ2n) is 4.02. The molecule has 0 spiro atoms. The second kappa shape index (κ2) is 6.36. The van der Waals surface area contributed by atoms with E-state index < -0.39 is 5.97 Å². The summed E-state index contributed by atoms with van der Waals surface area (Å²) in [5, 5.41) is 14.1. The molecule has 19 heavy (non-hydrogen) atoms. The fraction of sp³-hybridized carbons (Fsp3) is 0.214. The van der Waals surface area contributed by atoms with Gasteiger partial charge in [0.05, 0.1) is 6.61 Å². The summed E-state index contributed by atoms with van der Waals surface area (Å²) in [6.45, 7) is 1.02. The van der Waals surface area contributed by atoms with Crippen LogP contribution in [0.1, 0.15) is 20.8 Å². The quantitative estimate of drug-likeness (QED) is 0.851. The first-order valence-corrected chi connectivity index (χ1v) is 6.70. The van der Waals surface area contributed by atoms with Crippen molar-refractivity contribution >= 4 is 23.0 Å². The molecule has 4 nitrogen and oxygen atoms in total. The van der Waals surface area contributed by atoms with E-state index >= 15 is 0 Å². The van der Waals surface area contributed by atoms with Gasteiger partial charge in [-0.15, -0.1) is 11.3 Å². The van der Waals surface area contributed by atoms with Crippen molar-refractivity contribution in [2.75, 3.05) is 12.4 Å². The number of aromatic carboxylic acids is 1. The Labute approximate surface area is 115 Å². The van der Waals surface area contributed by atoms with Crippen LogP contribution in [0.3, 0.4) is 0 Å². The summed E-state index contributed by atoms with van der Waals surface area (Å²) >= 11 is 1.24. The van der Waals surface area contributed by atoms with Gasteiger partial charge in [-0.1, -0.05) is 18.2 Å². The van der Waals surface area contributed by atoms with E-state index in [1.807, 2.05) is 30.3 Å². The molecule has 2 aromatic rings. The summed E-state index contributed by atoms with van der Waals surface area (Å²) in [6, 6.07) is 9.67. The zero-order valence-corrected chi connectivity index (χ0v) is 11.4. The van der Waals surface area contributed by atoms with Crippen LogP contribution in [0, 0.1) is 0 Å². The number of methoxy groups -OCH3 is 1. The number of hydrogen-bond donors (Lipinski definition) is 2. The Hall–Kier alpha value is -1.85. The van der Waals surface area contributed by atoms with Gasteiger partial charge in [0.2, 0.25) is 0 Å². The van der Waals surface area contributed by atoms with Gasteiger partial charge in [-0.25, -0.2) is 4.79 Å². The summed E-state index contributed by atoms with van der Waals surface area (Å²) < 4.78 is 5.14. The van der Waals surface area contributed by atoms with E-state index in [-0.39, 0.29) is 0 Å². The van der Waals surface area contributed by atoms with Gasteiger partial charge in [-0.05, 0) is 23.1 Å². The lowest BCUT2D eigenvalue weighted by molar-refractivity contribution is 0.0701. The maximum absolute atomic E-state index is 11.0. The van der Waals surface area contributed by atoms with Gasteiger partial charge >= 0.3 is 5.97 Å². The predicted octanol–water partition coefficient (Wildman–Crippen LogP) is 3.20. The molecule has 0 aliphatic heterocycles. The highest BCUT2D eigenvalue weighted by Gasteiger charge is 2.11. The number of anilines is 1. The monoisotopic (exact) mass is 277 g/mol. The van der Waals surface area contributed by atoms with Gasteiger partial charge < -0.3 is 15.2 Å². The SMILES string of the molecule is COCc1ccccc1NCc1ccsc1C(=O)O. The van der Waals surface area contributed by atoms with Crippen LogP contribution in [0.25, 0.3) is 0 Å². The minimum Gasteiger partial charge on any atom is -0.477 e. The Morgan fingerprint density at radius 1 is 1.32 bits per heavy atom. The minimum absolute atomic E-state index is 0.386. The molecule has 1 aromatic heterocycles. The molecule has 2 N–H and O–H groups in total. The molecule has 5 heteroatoms. The number of hydrogen-bond acceptors (Lipinski definition) is 4. The Morgan fingerprint density at radius 2 is 2.11 bits per heavy atom. The number of carboxylic acid groups (broad SMARTS) is 1. The lowest BCUT2D eigenvalue weighted by Gasteiger charge is -2.11. The Bertz CT molecular complexity index is 565. The molecule has 100 valence electrons. The molecule has 0 fully saturated rings. The van der Waals surface area contributed by atoms with E-state index in [1.54, 1.807) is 12.5 Å². The average molecular weight is 277 g/mol. The molecule has 1 heterocycles. The van der Waals surface area contributed by atoms with Crippen molar-refractivity contribution in [1.82, 2.24) is 0 Å². The second-order valence-corrected chi connectivity index (χ2v) is 4.94. The van der Waals surface area contributed by atoms with Crippen molar-refractivity contribution in [2.24, 2.45) is 0 Å². The topological polar surface area (TPSA) is 58.6 Å². The number of rotatable bonds is 6. The number of nitrogens with one attached hydrogen (secondary N) is 1. The number of para-hydroxylation sites is 1. The minimum atomic E-state index is -0.878. The molecule has 0 aliphatic rings. The van der Waals surface area contributed by atoms with Crippen LogP contribution in [-0.4, -0.2) is 18.2 Å². The van der Waals surface area contributed by atoms with Crippen molar-refractivity contribution in [3.63, 3.8) is 0 Å². The van der Waals surface area contributed by atoms with Gasteiger partial charge in [0.25, 0.3) is 0 Å². The average Bonchev–Trinajstić information content (AvgIpc) is 2.86. The largest absolute Gasteiger partial charge is 0.477 e. The molecule has 0 saturated heterocycles. The lowest BCUT2D eigenvalue weighted by Crippen LogP contribution is -2.06. The van der Waals surface area contributed by atoms with Crippen LogP contribution in [0.5, 0.6) is 0 Å². The van der Waals surface area contributed by atoms with Crippen LogP contribution in [0.2, 0.25) is 0 Å². The zero-order chi connectivity index (χ0) is 13.7. The Kier molecular flexibility index (Phi) is 4.54. The van der Waals surface area contributed by atoms with E-state index in [2.05, 4.69) is 5.32 Å². The fourth-order valence-electron chi connectivity index (χ4n) is 1.83. The molecule has 2 rings (SSSR count). The summed E-state index contributed by atoms with van der Waals surface area (Å²) in [5.41, 5.74) is 2.81. The molecule has 1 aromatic carbocycles. The van der Waals surface area contributed by atoms with Crippen LogP contribution >= 0.6 is 11.3 Å². The van der Waals surface area contributed by atoms with Crippen molar-refractivity contribution in [2.45, 2.75) is 13.2 Å². The van der Waals surface area contributed by atoms with Gasteiger partial charge in [0.15, 0.2) is 0 Å². The highest BCUT2D eigenvalue weighted by atomic mass is 32.1. The molecule has 0 radical (unpaired) electrons. The van der Waals surface area contributed by atoms with Gasteiger partial charge in [0.1, 0.15) is 4.88 Å². The normalized spacial score (nSPS) is 10.4. The van der Waals surface area contributed by atoms with Crippen molar-refractivity contribution < 1.29 is 14.6 Å². The highest BCUT2D eigenvalue weighted by Crippen LogP contribution is 2.20. The number of ether oxygens (including phenoxy) is 1. The fourth-order valence-corrected chi connectivity index (χ4v) is 2.59. The molecule has 0 atom stereocenters. The third-order valence-electron chi connectivity index (χ3n) is 2.73. The van der Waals surface area contributed by atoms with Gasteiger partial charge in [-0.2, -0.15) is 0 Å². The summed E-state index contributed by atoms with van der Waals surface area (Å²) in [4.78, 5) is 11.4. The van der Waals surface area contributed by atoms with Crippen molar-refractivity contribution in [1.29, 1.82) is 0 Å². The third kappa shape index (κ3) is 3.33. The molecular formula is C14H15NO3S.